The molecule has 5 heterocycles. The zero-order valence-electron chi connectivity index (χ0n) is 24.3. The molecule has 0 unspecified atom stereocenters. The van der Waals surface area contributed by atoms with E-state index in [1.54, 1.807) is 29.4 Å². The first-order valence-electron chi connectivity index (χ1n) is 14.6. The normalized spacial score (nSPS) is 16.0. The van der Waals surface area contributed by atoms with E-state index in [9.17, 15) is 9.59 Å². The van der Waals surface area contributed by atoms with Crippen LogP contribution in [-0.4, -0.2) is 87.3 Å². The second kappa shape index (κ2) is 12.6. The van der Waals surface area contributed by atoms with Gasteiger partial charge in [-0.2, -0.15) is 5.10 Å². The van der Waals surface area contributed by atoms with Crippen molar-refractivity contribution >= 4 is 40.4 Å². The number of rotatable bonds is 6. The van der Waals surface area contributed by atoms with E-state index in [1.807, 2.05) is 49.0 Å². The van der Waals surface area contributed by atoms with Gasteiger partial charge in [0.1, 0.15) is 5.82 Å². The lowest BCUT2D eigenvalue weighted by Gasteiger charge is -2.32. The average Bonchev–Trinajstić information content (AvgIpc) is 3.46. The minimum Gasteiger partial charge on any atom is -0.447 e. The van der Waals surface area contributed by atoms with Crippen LogP contribution in [0.3, 0.4) is 0 Å². The molecule has 3 aromatic heterocycles. The number of benzene rings is 1. The molecule has 0 atom stereocenters. The van der Waals surface area contributed by atoms with Gasteiger partial charge >= 0.3 is 12.1 Å². The maximum Gasteiger partial charge on any atom is 0.410 e. The summed E-state index contributed by atoms with van der Waals surface area (Å²) in [5.41, 5.74) is 2.81. The molecule has 13 heteroatoms. The highest BCUT2D eigenvalue weighted by Gasteiger charge is 2.28. The van der Waals surface area contributed by atoms with Crippen LogP contribution < -0.4 is 15.5 Å². The van der Waals surface area contributed by atoms with Gasteiger partial charge in [0.2, 0.25) is 0 Å². The number of morpholine rings is 1. The number of nitrogens with zero attached hydrogens (tertiary/aromatic N) is 7. The van der Waals surface area contributed by atoms with Crippen molar-refractivity contribution in [2.24, 2.45) is 0 Å². The first kappa shape index (κ1) is 28.3. The molecule has 2 saturated heterocycles. The molecule has 2 fully saturated rings. The molecule has 6 rings (SSSR count). The van der Waals surface area contributed by atoms with Crippen LogP contribution in [0.5, 0.6) is 0 Å². The number of piperidine rings is 1. The number of amides is 3. The van der Waals surface area contributed by atoms with Crippen molar-refractivity contribution in [1.29, 1.82) is 0 Å². The van der Waals surface area contributed by atoms with Gasteiger partial charge in [-0.25, -0.2) is 24.2 Å². The van der Waals surface area contributed by atoms with Gasteiger partial charge in [0.25, 0.3) is 0 Å². The van der Waals surface area contributed by atoms with Crippen molar-refractivity contribution in [1.82, 2.24) is 29.6 Å². The molecule has 0 radical (unpaired) electrons. The lowest BCUT2D eigenvalue weighted by molar-refractivity contribution is 0.0656. The van der Waals surface area contributed by atoms with E-state index < -0.39 is 0 Å². The van der Waals surface area contributed by atoms with Crippen LogP contribution >= 0.6 is 0 Å². The summed E-state index contributed by atoms with van der Waals surface area (Å²) in [5, 5.41) is 11.3. The van der Waals surface area contributed by atoms with Gasteiger partial charge in [-0.15, -0.1) is 0 Å². The molecule has 2 N–H and O–H groups in total. The van der Waals surface area contributed by atoms with Crippen LogP contribution in [0.2, 0.25) is 0 Å². The molecule has 4 aromatic rings. The van der Waals surface area contributed by atoms with Gasteiger partial charge in [0.15, 0.2) is 11.5 Å². The lowest BCUT2D eigenvalue weighted by atomic mass is 10.1. The summed E-state index contributed by atoms with van der Waals surface area (Å²) in [6.45, 7) is 7.60. The Morgan fingerprint density at radius 2 is 1.70 bits per heavy atom. The average molecular weight is 586 g/mol. The molecular weight excluding hydrogens is 550 g/mol. The molecule has 3 amide bonds. The third-order valence-electron chi connectivity index (χ3n) is 7.47. The van der Waals surface area contributed by atoms with Gasteiger partial charge in [0, 0.05) is 43.6 Å². The van der Waals surface area contributed by atoms with E-state index in [1.165, 1.54) is 0 Å². The van der Waals surface area contributed by atoms with Gasteiger partial charge < -0.3 is 29.9 Å². The maximum atomic E-state index is 12.4. The fraction of sp³-hybridized carbons (Fsp3) is 0.400. The Labute approximate surface area is 249 Å². The quantitative estimate of drug-likeness (QED) is 0.333. The van der Waals surface area contributed by atoms with E-state index in [-0.39, 0.29) is 24.3 Å². The molecule has 0 spiro atoms. The Kier molecular flexibility index (Phi) is 8.31. The number of aromatic nitrogens is 5. The molecule has 224 valence electrons. The van der Waals surface area contributed by atoms with Crippen LogP contribution in [0.25, 0.3) is 22.4 Å². The number of urea groups is 1. The predicted octanol–water partition coefficient (Wildman–Crippen LogP) is 4.55. The Hall–Kier alpha value is -4.78. The SMILES string of the molecule is CC(C)OC(=O)N1CCC(n2ncc3c(N4CCOCC4)nc(-c4ccc(NC(=O)Nc5cccnc5)cc4)nc32)CC1. The minimum absolute atomic E-state index is 0.0887. The number of pyridine rings is 1. The highest BCUT2D eigenvalue weighted by Crippen LogP contribution is 2.32. The molecular formula is C30H35N9O4. The number of hydrogen-bond acceptors (Lipinski definition) is 9. The molecule has 0 aliphatic carbocycles. The van der Waals surface area contributed by atoms with E-state index >= 15 is 0 Å². The van der Waals surface area contributed by atoms with E-state index in [0.29, 0.717) is 43.5 Å². The number of carbonyl (C=O) groups is 2. The predicted molar refractivity (Wildman–Crippen MR) is 162 cm³/mol. The molecule has 43 heavy (non-hydrogen) atoms. The zero-order chi connectivity index (χ0) is 29.8. The van der Waals surface area contributed by atoms with Crippen molar-refractivity contribution in [3.63, 3.8) is 0 Å². The summed E-state index contributed by atoms with van der Waals surface area (Å²) >= 11 is 0. The number of ether oxygens (including phenoxy) is 2. The molecule has 13 nitrogen and oxygen atoms in total. The van der Waals surface area contributed by atoms with Crippen LogP contribution in [-0.2, 0) is 9.47 Å². The van der Waals surface area contributed by atoms with Crippen molar-refractivity contribution in [3.05, 3.63) is 55.0 Å². The largest absolute Gasteiger partial charge is 0.447 e. The smallest absolute Gasteiger partial charge is 0.410 e. The minimum atomic E-state index is -0.361. The number of likely N-dealkylation sites (tertiary alicyclic amines) is 1. The topological polar surface area (TPSA) is 140 Å². The summed E-state index contributed by atoms with van der Waals surface area (Å²) in [6.07, 6.45) is 6.14. The van der Waals surface area contributed by atoms with Crippen LogP contribution in [0.4, 0.5) is 26.8 Å². The van der Waals surface area contributed by atoms with Crippen molar-refractivity contribution in [2.75, 3.05) is 54.9 Å². The first-order valence-corrected chi connectivity index (χ1v) is 14.6. The van der Waals surface area contributed by atoms with Crippen molar-refractivity contribution in [3.8, 4) is 11.4 Å². The van der Waals surface area contributed by atoms with Gasteiger partial charge in [-0.1, -0.05) is 0 Å². The van der Waals surface area contributed by atoms with E-state index in [0.717, 1.165) is 48.3 Å². The van der Waals surface area contributed by atoms with Crippen molar-refractivity contribution < 1.29 is 19.1 Å². The molecule has 2 aliphatic rings. The van der Waals surface area contributed by atoms with Gasteiger partial charge in [0.05, 0.1) is 48.8 Å². The summed E-state index contributed by atoms with van der Waals surface area (Å²) in [7, 11) is 0. The third kappa shape index (κ3) is 6.51. The summed E-state index contributed by atoms with van der Waals surface area (Å²) < 4.78 is 13.0. The highest BCUT2D eigenvalue weighted by molar-refractivity contribution is 5.99. The Bertz CT molecular complexity index is 1560. The number of hydrogen-bond donors (Lipinski definition) is 2. The van der Waals surface area contributed by atoms with Gasteiger partial charge in [-0.3, -0.25) is 4.98 Å². The second-order valence-electron chi connectivity index (χ2n) is 10.8. The van der Waals surface area contributed by atoms with Crippen LogP contribution in [0.15, 0.2) is 55.0 Å². The van der Waals surface area contributed by atoms with Crippen LogP contribution in [0.1, 0.15) is 32.7 Å². The summed E-state index contributed by atoms with van der Waals surface area (Å²) in [4.78, 5) is 42.8. The van der Waals surface area contributed by atoms with E-state index in [4.69, 9.17) is 24.5 Å². The van der Waals surface area contributed by atoms with E-state index in [2.05, 4.69) is 20.5 Å². The lowest BCUT2D eigenvalue weighted by Crippen LogP contribution is -2.40. The fourth-order valence-electron chi connectivity index (χ4n) is 5.33. The molecule has 0 saturated carbocycles. The molecule has 0 bridgehead atoms. The monoisotopic (exact) mass is 585 g/mol. The molecule has 2 aliphatic heterocycles. The third-order valence-corrected chi connectivity index (χ3v) is 7.47. The second-order valence-corrected chi connectivity index (χ2v) is 10.8. The Balaban J connectivity index is 1.25. The Morgan fingerprint density at radius 1 is 0.953 bits per heavy atom. The maximum absolute atomic E-state index is 12.4. The highest BCUT2D eigenvalue weighted by atomic mass is 16.6. The van der Waals surface area contributed by atoms with Crippen molar-refractivity contribution in [2.45, 2.75) is 38.8 Å². The Morgan fingerprint density at radius 3 is 2.40 bits per heavy atom. The standard InChI is InChI=1S/C30H35N9O4/c1-20(2)43-30(41)38-12-9-24(10-13-38)39-28-25(19-32-39)27(37-14-16-42-17-15-37)35-26(36-28)21-5-7-22(8-6-21)33-29(40)34-23-4-3-11-31-18-23/h3-8,11,18-20,24H,9-10,12-17H2,1-2H3,(H2,33,34,40). The molecule has 1 aromatic carbocycles. The summed E-state index contributed by atoms with van der Waals surface area (Å²) in [6, 6.07) is 10.7. The number of fused-ring (bicyclic) bond motifs is 1. The number of nitrogens with one attached hydrogen (secondary N) is 2. The van der Waals surface area contributed by atoms with Crippen LogP contribution in [0, 0.1) is 0 Å². The van der Waals surface area contributed by atoms with Gasteiger partial charge in [-0.05, 0) is 63.1 Å². The zero-order valence-corrected chi connectivity index (χ0v) is 24.3. The number of carbonyl (C=O) groups excluding carboxylic acids is 2. The first-order chi connectivity index (χ1) is 20.9. The fourth-order valence-corrected chi connectivity index (χ4v) is 5.33. The summed E-state index contributed by atoms with van der Waals surface area (Å²) in [5.74, 6) is 1.39. The number of anilines is 3.